The number of aliphatic hydroxyl groups excluding tert-OH is 1. The van der Waals surface area contributed by atoms with Crippen molar-refractivity contribution >= 4 is 0 Å². The van der Waals surface area contributed by atoms with Crippen LogP contribution in [0.5, 0.6) is 0 Å². The van der Waals surface area contributed by atoms with Crippen molar-refractivity contribution in [1.82, 2.24) is 9.80 Å². The van der Waals surface area contributed by atoms with Crippen molar-refractivity contribution in [3.8, 4) is 0 Å². The molecule has 1 unspecified atom stereocenters. The molecule has 0 aromatic rings. The Bertz CT molecular complexity index is 182. The van der Waals surface area contributed by atoms with Gasteiger partial charge in [-0.2, -0.15) is 0 Å². The van der Waals surface area contributed by atoms with Gasteiger partial charge in [-0.15, -0.1) is 0 Å². The minimum absolute atomic E-state index is 0.252. The molecule has 4 nitrogen and oxygen atoms in total. The van der Waals surface area contributed by atoms with Gasteiger partial charge in [0, 0.05) is 45.4 Å². The molecule has 0 aromatic carbocycles. The van der Waals surface area contributed by atoms with Gasteiger partial charge >= 0.3 is 0 Å². The summed E-state index contributed by atoms with van der Waals surface area (Å²) < 4.78 is 5.50. The molecular weight excluding hydrogens is 216 g/mol. The first-order valence-electron chi connectivity index (χ1n) is 6.96. The zero-order valence-corrected chi connectivity index (χ0v) is 11.4. The smallest absolute Gasteiger partial charge is 0.0587 e. The monoisotopic (exact) mass is 244 g/mol. The van der Waals surface area contributed by atoms with Crippen molar-refractivity contribution in [2.45, 2.75) is 32.7 Å². The van der Waals surface area contributed by atoms with Crippen LogP contribution < -0.4 is 0 Å². The summed E-state index contributed by atoms with van der Waals surface area (Å²) in [5.74, 6) is 0. The van der Waals surface area contributed by atoms with E-state index in [0.29, 0.717) is 0 Å². The molecule has 1 heterocycles. The predicted octanol–water partition coefficient (Wildman–Crippen LogP) is 0.802. The number of piperazine rings is 1. The van der Waals surface area contributed by atoms with Gasteiger partial charge in [-0.25, -0.2) is 0 Å². The number of aliphatic hydroxyl groups is 1. The van der Waals surface area contributed by atoms with Crippen LogP contribution in [-0.2, 0) is 4.74 Å². The molecular formula is C13H28N2O2. The second-order valence-corrected chi connectivity index (χ2v) is 4.71. The van der Waals surface area contributed by atoms with Crippen LogP contribution in [0.15, 0.2) is 0 Å². The first kappa shape index (κ1) is 14.9. The van der Waals surface area contributed by atoms with Gasteiger partial charge in [0.1, 0.15) is 0 Å². The van der Waals surface area contributed by atoms with Crippen LogP contribution in [-0.4, -0.2) is 73.5 Å². The number of hydrogen-bond acceptors (Lipinski definition) is 4. The van der Waals surface area contributed by atoms with Crippen molar-refractivity contribution in [3.63, 3.8) is 0 Å². The van der Waals surface area contributed by atoms with E-state index in [-0.39, 0.29) is 12.6 Å². The molecule has 1 aliphatic rings. The van der Waals surface area contributed by atoms with E-state index in [2.05, 4.69) is 23.6 Å². The van der Waals surface area contributed by atoms with E-state index >= 15 is 0 Å². The lowest BCUT2D eigenvalue weighted by molar-refractivity contribution is 0.0409. The lowest BCUT2D eigenvalue weighted by Gasteiger charge is -2.38. The van der Waals surface area contributed by atoms with Crippen LogP contribution in [0.1, 0.15) is 26.7 Å². The zero-order valence-electron chi connectivity index (χ0n) is 11.4. The van der Waals surface area contributed by atoms with Crippen LogP contribution in [0.25, 0.3) is 0 Å². The number of rotatable bonds is 8. The van der Waals surface area contributed by atoms with Crippen LogP contribution in [0, 0.1) is 0 Å². The summed E-state index contributed by atoms with van der Waals surface area (Å²) in [6, 6.07) is 0.283. The van der Waals surface area contributed by atoms with E-state index in [1.54, 1.807) is 0 Å². The summed E-state index contributed by atoms with van der Waals surface area (Å²) in [5, 5.41) is 9.45. The Kier molecular flexibility index (Phi) is 7.77. The number of likely N-dealkylation sites (N-methyl/N-ethyl adjacent to an activating group) is 1. The molecule has 17 heavy (non-hydrogen) atoms. The molecule has 0 bridgehead atoms. The van der Waals surface area contributed by atoms with Gasteiger partial charge in [0.2, 0.25) is 0 Å². The fraction of sp³-hybridized carbons (Fsp3) is 1.00. The largest absolute Gasteiger partial charge is 0.395 e. The van der Waals surface area contributed by atoms with E-state index in [1.165, 1.54) is 0 Å². The maximum absolute atomic E-state index is 9.45. The molecule has 1 aliphatic heterocycles. The van der Waals surface area contributed by atoms with Gasteiger partial charge in [0.25, 0.3) is 0 Å². The third-order valence-corrected chi connectivity index (χ3v) is 3.53. The molecule has 0 amide bonds. The maximum Gasteiger partial charge on any atom is 0.0587 e. The summed E-state index contributed by atoms with van der Waals surface area (Å²) in [4.78, 5) is 4.86. The van der Waals surface area contributed by atoms with Crippen molar-refractivity contribution in [1.29, 1.82) is 0 Å². The summed E-state index contributed by atoms with van der Waals surface area (Å²) in [7, 11) is 0. The Morgan fingerprint density at radius 2 is 1.82 bits per heavy atom. The third-order valence-electron chi connectivity index (χ3n) is 3.53. The molecule has 1 N–H and O–H groups in total. The Balaban J connectivity index is 2.21. The van der Waals surface area contributed by atoms with E-state index in [4.69, 9.17) is 4.74 Å². The van der Waals surface area contributed by atoms with Gasteiger partial charge in [-0.1, -0.05) is 13.8 Å². The highest BCUT2D eigenvalue weighted by Crippen LogP contribution is 2.09. The third kappa shape index (κ3) is 5.34. The second kappa shape index (κ2) is 8.86. The topological polar surface area (TPSA) is 35.9 Å². The lowest BCUT2D eigenvalue weighted by Crippen LogP contribution is -2.51. The summed E-state index contributed by atoms with van der Waals surface area (Å²) >= 11 is 0. The van der Waals surface area contributed by atoms with Crippen LogP contribution >= 0.6 is 0 Å². The van der Waals surface area contributed by atoms with Gasteiger partial charge in [-0.05, 0) is 19.4 Å². The first-order valence-corrected chi connectivity index (χ1v) is 6.96. The summed E-state index contributed by atoms with van der Waals surface area (Å²) in [6.45, 7) is 11.7. The van der Waals surface area contributed by atoms with E-state index in [1.807, 2.05) is 0 Å². The average molecular weight is 244 g/mol. The zero-order chi connectivity index (χ0) is 12.5. The fourth-order valence-electron chi connectivity index (χ4n) is 2.30. The number of hydrogen-bond donors (Lipinski definition) is 1. The van der Waals surface area contributed by atoms with E-state index in [0.717, 1.165) is 58.8 Å². The van der Waals surface area contributed by atoms with Crippen LogP contribution in [0.4, 0.5) is 0 Å². The number of nitrogens with zero attached hydrogens (tertiary/aromatic N) is 2. The van der Waals surface area contributed by atoms with Crippen molar-refractivity contribution < 1.29 is 9.84 Å². The predicted molar refractivity (Wildman–Crippen MR) is 70.3 cm³/mol. The fourth-order valence-corrected chi connectivity index (χ4v) is 2.30. The lowest BCUT2D eigenvalue weighted by atomic mass is 10.1. The first-order chi connectivity index (χ1) is 8.31. The molecule has 0 aromatic heterocycles. The molecule has 1 rings (SSSR count). The van der Waals surface area contributed by atoms with Crippen molar-refractivity contribution in [2.75, 3.05) is 52.5 Å². The molecule has 0 aliphatic carbocycles. The highest BCUT2D eigenvalue weighted by Gasteiger charge is 2.22. The molecule has 0 spiro atoms. The van der Waals surface area contributed by atoms with Crippen LogP contribution in [0.2, 0.25) is 0 Å². The Morgan fingerprint density at radius 1 is 1.12 bits per heavy atom. The van der Waals surface area contributed by atoms with Gasteiger partial charge in [-0.3, -0.25) is 4.90 Å². The molecule has 102 valence electrons. The summed E-state index contributed by atoms with van der Waals surface area (Å²) in [5.41, 5.74) is 0. The Labute approximate surface area is 106 Å². The number of ether oxygens (including phenoxy) is 1. The summed E-state index contributed by atoms with van der Waals surface area (Å²) in [6.07, 6.45) is 2.02. The van der Waals surface area contributed by atoms with Gasteiger partial charge in [0.05, 0.1) is 6.61 Å². The van der Waals surface area contributed by atoms with Crippen molar-refractivity contribution in [2.24, 2.45) is 0 Å². The molecule has 1 saturated heterocycles. The van der Waals surface area contributed by atoms with Crippen LogP contribution in [0.3, 0.4) is 0 Å². The second-order valence-electron chi connectivity index (χ2n) is 4.71. The van der Waals surface area contributed by atoms with Gasteiger partial charge in [0.15, 0.2) is 0 Å². The Morgan fingerprint density at radius 3 is 2.35 bits per heavy atom. The molecule has 4 heteroatoms. The minimum Gasteiger partial charge on any atom is -0.395 e. The quantitative estimate of drug-likeness (QED) is 0.641. The highest BCUT2D eigenvalue weighted by atomic mass is 16.5. The molecule has 0 radical (unpaired) electrons. The molecule has 1 fully saturated rings. The Hall–Kier alpha value is -0.160. The molecule has 1 atom stereocenters. The minimum atomic E-state index is 0.252. The SMILES string of the molecule is CCCOCCC(CO)N1CCN(CC)CC1. The maximum atomic E-state index is 9.45. The van der Waals surface area contributed by atoms with E-state index in [9.17, 15) is 5.11 Å². The highest BCUT2D eigenvalue weighted by molar-refractivity contribution is 4.77. The van der Waals surface area contributed by atoms with Gasteiger partial charge < -0.3 is 14.7 Å². The van der Waals surface area contributed by atoms with Crippen molar-refractivity contribution in [3.05, 3.63) is 0 Å². The molecule has 0 saturated carbocycles. The average Bonchev–Trinajstić information content (AvgIpc) is 2.39. The van der Waals surface area contributed by atoms with E-state index < -0.39 is 0 Å². The standard InChI is InChI=1S/C13H28N2O2/c1-3-10-17-11-5-13(12-16)15-8-6-14(4-2)7-9-15/h13,16H,3-12H2,1-2H3. The normalized spacial score (nSPS) is 20.6.